The highest BCUT2D eigenvalue weighted by Crippen LogP contribution is 2.39. The van der Waals surface area contributed by atoms with Crippen molar-refractivity contribution in [3.63, 3.8) is 0 Å². The smallest absolute Gasteiger partial charge is 0.407 e. The minimum Gasteiger partial charge on any atom is -0.444 e. The molecule has 1 saturated carbocycles. The minimum atomic E-state index is -0.495. The zero-order valence-corrected chi connectivity index (χ0v) is 10.1. The lowest BCUT2D eigenvalue weighted by molar-refractivity contribution is 0.0986. The fraction of sp³-hybridized carbons (Fsp3) is 0.455. The Morgan fingerprint density at radius 3 is 3.06 bits per heavy atom. The van der Waals surface area contributed by atoms with Crippen molar-refractivity contribution in [2.45, 2.75) is 30.0 Å². The Balaban J connectivity index is 1.89. The van der Waals surface area contributed by atoms with E-state index in [2.05, 4.69) is 5.32 Å². The van der Waals surface area contributed by atoms with E-state index in [1.165, 1.54) is 0 Å². The molecule has 3 N–H and O–H groups in total. The van der Waals surface area contributed by atoms with Crippen LogP contribution in [0.4, 0.5) is 4.79 Å². The van der Waals surface area contributed by atoms with Crippen molar-refractivity contribution in [3.8, 4) is 0 Å². The summed E-state index contributed by atoms with van der Waals surface area (Å²) in [5.41, 5.74) is 5.72. The van der Waals surface area contributed by atoms with Crippen molar-refractivity contribution < 1.29 is 14.3 Å². The van der Waals surface area contributed by atoms with Gasteiger partial charge in [-0.05, 0) is 12.1 Å². The van der Waals surface area contributed by atoms with Gasteiger partial charge < -0.3 is 20.4 Å². The summed E-state index contributed by atoms with van der Waals surface area (Å²) in [6, 6.07) is 3.07. The monoisotopic (exact) mass is 269 g/mol. The molecule has 0 spiro atoms. The largest absolute Gasteiger partial charge is 0.444 e. The van der Waals surface area contributed by atoms with E-state index in [4.69, 9.17) is 22.1 Å². The van der Waals surface area contributed by atoms with Crippen LogP contribution >= 0.6 is 11.6 Å². The van der Waals surface area contributed by atoms with Gasteiger partial charge in [0.15, 0.2) is 0 Å². The Hall–Kier alpha value is -1.69. The number of alkyl carbamates (subject to hydrolysis) is 1. The summed E-state index contributed by atoms with van der Waals surface area (Å²) < 4.78 is 6.88. The average molecular weight is 270 g/mol. The molecule has 0 unspecified atom stereocenters. The zero-order valence-electron chi connectivity index (χ0n) is 9.38. The van der Waals surface area contributed by atoms with Gasteiger partial charge in [-0.25, -0.2) is 4.79 Å². The van der Waals surface area contributed by atoms with Gasteiger partial charge in [-0.3, -0.25) is 4.79 Å². The van der Waals surface area contributed by atoms with E-state index in [1.807, 2.05) is 0 Å². The maximum absolute atomic E-state index is 11.3. The van der Waals surface area contributed by atoms with E-state index in [9.17, 15) is 9.59 Å². The van der Waals surface area contributed by atoms with E-state index in [-0.39, 0.29) is 23.6 Å². The number of hydrogen-bond acceptors (Lipinski definition) is 3. The number of fused-ring (bicyclic) bond motifs is 1. The second-order valence-corrected chi connectivity index (χ2v) is 5.03. The second-order valence-electron chi connectivity index (χ2n) is 4.53. The standard InChI is InChI=1S/C11H12ClN3O3/c12-8-6(4-7-9(8)14-11(17)18-7)15-3-1-2-5(15)10(13)16/h1-3,6-9H,4H2,(H2,13,16)(H,14,17)/t6-,7-,8+,9-/m1/s1. The van der Waals surface area contributed by atoms with E-state index in [0.29, 0.717) is 12.1 Å². The predicted octanol–water partition coefficient (Wildman–Crippen LogP) is 0.616. The van der Waals surface area contributed by atoms with Crippen molar-refractivity contribution in [3.05, 3.63) is 24.0 Å². The van der Waals surface area contributed by atoms with Gasteiger partial charge in [-0.2, -0.15) is 0 Å². The lowest BCUT2D eigenvalue weighted by Gasteiger charge is -2.20. The summed E-state index contributed by atoms with van der Waals surface area (Å²) >= 11 is 6.34. The maximum Gasteiger partial charge on any atom is 0.407 e. The molecule has 2 aliphatic rings. The first kappa shape index (κ1) is 11.4. The molecule has 2 fully saturated rings. The Bertz CT molecular complexity index is 515. The molecule has 18 heavy (non-hydrogen) atoms. The number of hydrogen-bond donors (Lipinski definition) is 2. The molecule has 1 aliphatic carbocycles. The third-order valence-corrected chi connectivity index (χ3v) is 4.08. The van der Waals surface area contributed by atoms with E-state index < -0.39 is 12.0 Å². The summed E-state index contributed by atoms with van der Waals surface area (Å²) in [4.78, 5) is 22.4. The van der Waals surface area contributed by atoms with Crippen LogP contribution in [0, 0.1) is 0 Å². The van der Waals surface area contributed by atoms with Crippen LogP contribution in [-0.4, -0.2) is 34.1 Å². The Morgan fingerprint density at radius 2 is 2.39 bits per heavy atom. The molecule has 1 aromatic heterocycles. The van der Waals surface area contributed by atoms with E-state index in [0.717, 1.165) is 0 Å². The van der Waals surface area contributed by atoms with Crippen LogP contribution < -0.4 is 11.1 Å². The van der Waals surface area contributed by atoms with E-state index >= 15 is 0 Å². The van der Waals surface area contributed by atoms with Crippen LogP contribution in [-0.2, 0) is 4.74 Å². The number of carbonyl (C=O) groups is 2. The molecular formula is C11H12ClN3O3. The molecule has 2 heterocycles. The number of nitrogens with zero attached hydrogens (tertiary/aromatic N) is 1. The van der Waals surface area contributed by atoms with Gasteiger partial charge in [0.1, 0.15) is 11.8 Å². The fourth-order valence-corrected chi connectivity index (χ4v) is 3.17. The van der Waals surface area contributed by atoms with E-state index in [1.54, 1.807) is 22.9 Å². The molecule has 3 rings (SSSR count). The number of alkyl halides is 1. The molecule has 0 radical (unpaired) electrons. The number of ether oxygens (including phenoxy) is 1. The number of amides is 2. The van der Waals surface area contributed by atoms with Crippen LogP contribution in [0.2, 0.25) is 0 Å². The van der Waals surface area contributed by atoms with Crippen molar-refractivity contribution >= 4 is 23.6 Å². The number of carbonyl (C=O) groups excluding carboxylic acids is 2. The quantitative estimate of drug-likeness (QED) is 0.772. The number of rotatable bonds is 2. The van der Waals surface area contributed by atoms with Gasteiger partial charge in [0.25, 0.3) is 5.91 Å². The molecule has 6 nitrogen and oxygen atoms in total. The highest BCUT2D eigenvalue weighted by Gasteiger charge is 2.50. The molecule has 7 heteroatoms. The van der Waals surface area contributed by atoms with Crippen molar-refractivity contribution in [1.82, 2.24) is 9.88 Å². The van der Waals surface area contributed by atoms with Crippen LogP contribution in [0.15, 0.2) is 18.3 Å². The van der Waals surface area contributed by atoms with Crippen LogP contribution in [0.5, 0.6) is 0 Å². The van der Waals surface area contributed by atoms with Gasteiger partial charge in [-0.15, -0.1) is 11.6 Å². The molecule has 1 aliphatic heterocycles. The number of nitrogens with two attached hydrogens (primary N) is 1. The highest BCUT2D eigenvalue weighted by atomic mass is 35.5. The molecule has 2 amide bonds. The lowest BCUT2D eigenvalue weighted by atomic mass is 10.2. The van der Waals surface area contributed by atoms with Gasteiger partial charge in [0.2, 0.25) is 0 Å². The molecule has 1 saturated heterocycles. The first-order chi connectivity index (χ1) is 8.58. The summed E-state index contributed by atoms with van der Waals surface area (Å²) in [6.07, 6.45) is 1.67. The second kappa shape index (κ2) is 3.91. The molecular weight excluding hydrogens is 258 g/mol. The molecule has 0 aromatic carbocycles. The topological polar surface area (TPSA) is 86.3 Å². The summed E-state index contributed by atoms with van der Waals surface area (Å²) in [6.45, 7) is 0. The summed E-state index contributed by atoms with van der Waals surface area (Å²) in [5, 5.41) is 2.36. The lowest BCUT2D eigenvalue weighted by Crippen LogP contribution is -2.36. The molecule has 96 valence electrons. The molecule has 4 atom stereocenters. The van der Waals surface area contributed by atoms with Gasteiger partial charge >= 0.3 is 6.09 Å². The van der Waals surface area contributed by atoms with Crippen LogP contribution in [0.3, 0.4) is 0 Å². The first-order valence-electron chi connectivity index (χ1n) is 5.66. The predicted molar refractivity (Wildman–Crippen MR) is 63.4 cm³/mol. The molecule has 0 bridgehead atoms. The average Bonchev–Trinajstić information content (AvgIpc) is 2.95. The Kier molecular flexibility index (Phi) is 2.48. The highest BCUT2D eigenvalue weighted by molar-refractivity contribution is 6.22. The van der Waals surface area contributed by atoms with Crippen molar-refractivity contribution in [2.24, 2.45) is 5.73 Å². The maximum atomic E-state index is 11.3. The van der Waals surface area contributed by atoms with Gasteiger partial charge in [-0.1, -0.05) is 0 Å². The van der Waals surface area contributed by atoms with Crippen molar-refractivity contribution in [2.75, 3.05) is 0 Å². The number of nitrogens with one attached hydrogen (secondary N) is 1. The van der Waals surface area contributed by atoms with Crippen LogP contribution in [0.1, 0.15) is 23.0 Å². The van der Waals surface area contributed by atoms with Gasteiger partial charge in [0.05, 0.1) is 17.5 Å². The first-order valence-corrected chi connectivity index (χ1v) is 6.09. The summed E-state index contributed by atoms with van der Waals surface area (Å²) in [7, 11) is 0. The third-order valence-electron chi connectivity index (χ3n) is 3.52. The third kappa shape index (κ3) is 1.56. The van der Waals surface area contributed by atoms with Crippen molar-refractivity contribution in [1.29, 1.82) is 0 Å². The van der Waals surface area contributed by atoms with Gasteiger partial charge in [0, 0.05) is 12.6 Å². The fourth-order valence-electron chi connectivity index (χ4n) is 2.72. The SMILES string of the molecule is NC(=O)c1cccn1[C@@H]1C[C@H]2OC(=O)N[C@H]2[C@H]1Cl. The minimum absolute atomic E-state index is 0.111. The molecule has 1 aromatic rings. The Morgan fingerprint density at radius 1 is 1.61 bits per heavy atom. The zero-order chi connectivity index (χ0) is 12.9. The van der Waals surface area contributed by atoms with Crippen LogP contribution in [0.25, 0.3) is 0 Å². The number of primary amides is 1. The number of halogens is 1. The summed E-state index contributed by atoms with van der Waals surface area (Å²) in [5.74, 6) is -0.495. The normalized spacial score (nSPS) is 33.9. The Labute approximate surface area is 108 Å². The number of aromatic nitrogens is 1.